The van der Waals surface area contributed by atoms with Crippen LogP contribution in [0.3, 0.4) is 0 Å². The molecule has 0 amide bonds. The number of ether oxygens (including phenoxy) is 2. The number of methoxy groups -OCH3 is 1. The molecule has 0 saturated heterocycles. The first kappa shape index (κ1) is 15.1. The molecule has 1 aliphatic rings. The van der Waals surface area contributed by atoms with Gasteiger partial charge in [0.05, 0.1) is 18.2 Å². The molecule has 1 unspecified atom stereocenters. The third-order valence-corrected chi connectivity index (χ3v) is 3.76. The van der Waals surface area contributed by atoms with Gasteiger partial charge in [-0.1, -0.05) is 36.8 Å². The predicted octanol–water partition coefficient (Wildman–Crippen LogP) is 4.60. The van der Waals surface area contributed by atoms with Gasteiger partial charge in [0.2, 0.25) is 0 Å². The zero-order valence-electron chi connectivity index (χ0n) is 12.4. The molecule has 0 aliphatic carbocycles. The summed E-state index contributed by atoms with van der Waals surface area (Å²) in [5, 5.41) is 0.615. The van der Waals surface area contributed by atoms with Crippen molar-refractivity contribution in [1.82, 2.24) is 0 Å². The topological polar surface area (TPSA) is 18.5 Å². The molecule has 0 N–H and O–H groups in total. The average Bonchev–Trinajstić information content (AvgIpc) is 2.44. The normalized spacial score (nSPS) is 16.7. The van der Waals surface area contributed by atoms with Gasteiger partial charge in [-0.15, -0.1) is 0 Å². The van der Waals surface area contributed by atoms with E-state index in [1.54, 1.807) is 7.11 Å². The van der Waals surface area contributed by atoms with E-state index >= 15 is 0 Å². The molecule has 3 heteroatoms. The summed E-state index contributed by atoms with van der Waals surface area (Å²) in [4.78, 5) is 0. The van der Waals surface area contributed by atoms with Crippen LogP contribution in [0.4, 0.5) is 0 Å². The van der Waals surface area contributed by atoms with Crippen LogP contribution in [0.2, 0.25) is 5.02 Å². The van der Waals surface area contributed by atoms with Crippen LogP contribution in [0, 0.1) is 11.8 Å². The summed E-state index contributed by atoms with van der Waals surface area (Å²) in [5.41, 5.74) is 1.94. The monoisotopic (exact) mass is 292 g/mol. The molecular weight excluding hydrogens is 272 g/mol. The van der Waals surface area contributed by atoms with Gasteiger partial charge >= 0.3 is 0 Å². The maximum Gasteiger partial charge on any atom is 0.156 e. The zero-order valence-corrected chi connectivity index (χ0v) is 13.1. The zero-order chi connectivity index (χ0) is 14.5. The molecule has 108 valence electrons. The van der Waals surface area contributed by atoms with Crippen molar-refractivity contribution in [3.05, 3.63) is 22.2 Å². The van der Waals surface area contributed by atoms with E-state index in [0.717, 1.165) is 49.0 Å². The maximum absolute atomic E-state index is 6.29. The van der Waals surface area contributed by atoms with Crippen molar-refractivity contribution < 1.29 is 9.47 Å². The quantitative estimate of drug-likeness (QED) is 0.598. The highest BCUT2D eigenvalue weighted by molar-refractivity contribution is 6.32. The van der Waals surface area contributed by atoms with E-state index in [1.807, 2.05) is 6.07 Å². The smallest absolute Gasteiger partial charge is 0.156 e. The number of benzene rings is 1. The molecule has 1 aromatic carbocycles. The Bertz CT molecular complexity index is 540. The van der Waals surface area contributed by atoms with Crippen LogP contribution in [-0.4, -0.2) is 13.2 Å². The van der Waals surface area contributed by atoms with Gasteiger partial charge < -0.3 is 9.47 Å². The first-order chi connectivity index (χ1) is 9.67. The second kappa shape index (κ2) is 6.90. The van der Waals surface area contributed by atoms with Gasteiger partial charge in [0.25, 0.3) is 0 Å². The molecule has 0 saturated carbocycles. The first-order valence-electron chi connectivity index (χ1n) is 7.22. The van der Waals surface area contributed by atoms with Gasteiger partial charge in [-0.2, -0.15) is 0 Å². The van der Waals surface area contributed by atoms with Crippen molar-refractivity contribution >= 4 is 11.6 Å². The fraction of sp³-hybridized carbons (Fsp3) is 0.529. The van der Waals surface area contributed by atoms with Gasteiger partial charge in [0, 0.05) is 6.42 Å². The van der Waals surface area contributed by atoms with Crippen LogP contribution in [0.5, 0.6) is 11.5 Å². The molecule has 2 nitrogen and oxygen atoms in total. The molecule has 20 heavy (non-hydrogen) atoms. The molecule has 1 aromatic rings. The third-order valence-electron chi connectivity index (χ3n) is 3.48. The summed E-state index contributed by atoms with van der Waals surface area (Å²) in [6.45, 7) is 4.24. The number of hydrogen-bond donors (Lipinski definition) is 0. The van der Waals surface area contributed by atoms with Crippen LogP contribution in [0.15, 0.2) is 6.07 Å². The van der Waals surface area contributed by atoms with Crippen molar-refractivity contribution in [2.45, 2.75) is 52.1 Å². The first-order valence-corrected chi connectivity index (χ1v) is 7.60. The van der Waals surface area contributed by atoms with Gasteiger partial charge in [-0.3, -0.25) is 0 Å². The highest BCUT2D eigenvalue weighted by Gasteiger charge is 2.23. The summed E-state index contributed by atoms with van der Waals surface area (Å²) in [7, 11) is 1.62. The number of unbranched alkanes of at least 4 members (excludes halogenated alkanes) is 2. The second-order valence-electron chi connectivity index (χ2n) is 5.13. The summed E-state index contributed by atoms with van der Waals surface area (Å²) in [5.74, 6) is 7.89. The van der Waals surface area contributed by atoms with Gasteiger partial charge in [-0.25, -0.2) is 0 Å². The van der Waals surface area contributed by atoms with Crippen LogP contribution in [0.25, 0.3) is 0 Å². The van der Waals surface area contributed by atoms with E-state index in [-0.39, 0.29) is 6.10 Å². The predicted molar refractivity (Wildman–Crippen MR) is 82.8 cm³/mol. The highest BCUT2D eigenvalue weighted by atomic mass is 35.5. The number of rotatable bonds is 3. The number of aryl methyl sites for hydroxylation is 1. The van der Waals surface area contributed by atoms with Gasteiger partial charge in [-0.05, 0) is 37.8 Å². The number of hydrogen-bond acceptors (Lipinski definition) is 2. The largest absolute Gasteiger partial charge is 0.494 e. The Kier molecular flexibility index (Phi) is 5.20. The Hall–Kier alpha value is -1.33. The van der Waals surface area contributed by atoms with Crippen molar-refractivity contribution in [1.29, 1.82) is 0 Å². The molecule has 1 aliphatic heterocycles. The van der Waals surface area contributed by atoms with Crippen LogP contribution in [-0.2, 0) is 6.42 Å². The Labute approximate surface area is 126 Å². The van der Waals surface area contributed by atoms with E-state index < -0.39 is 0 Å². The minimum atomic E-state index is 0.213. The fourth-order valence-electron chi connectivity index (χ4n) is 2.34. The number of halogens is 1. The Balaban J connectivity index is 2.44. The van der Waals surface area contributed by atoms with E-state index in [1.165, 1.54) is 0 Å². The molecule has 0 bridgehead atoms. The maximum atomic E-state index is 6.29. The lowest BCUT2D eigenvalue weighted by Gasteiger charge is -2.25. The summed E-state index contributed by atoms with van der Waals surface area (Å²) < 4.78 is 11.4. The Morgan fingerprint density at radius 2 is 2.30 bits per heavy atom. The number of fused-ring (bicyclic) bond motifs is 1. The molecule has 2 rings (SSSR count). The molecule has 0 fully saturated rings. The summed E-state index contributed by atoms with van der Waals surface area (Å²) in [6, 6.07) is 1.94. The standard InChI is InChI=1S/C17H21ClO2/c1-4-5-6-7-8-14-16-13(10-9-12(2)20-16)11-15(18)17(14)19-3/h11-12H,4-6,9-10H2,1-3H3. The molecule has 1 heterocycles. The van der Waals surface area contributed by atoms with Gasteiger partial charge in [0.15, 0.2) is 5.75 Å². The lowest BCUT2D eigenvalue weighted by atomic mass is 9.99. The Morgan fingerprint density at radius 1 is 1.50 bits per heavy atom. The van der Waals surface area contributed by atoms with Crippen LogP contribution >= 0.6 is 11.6 Å². The van der Waals surface area contributed by atoms with Crippen LogP contribution < -0.4 is 9.47 Å². The minimum absolute atomic E-state index is 0.213. The highest BCUT2D eigenvalue weighted by Crippen LogP contribution is 2.41. The minimum Gasteiger partial charge on any atom is -0.494 e. The fourth-order valence-corrected chi connectivity index (χ4v) is 2.64. The van der Waals surface area contributed by atoms with Crippen molar-refractivity contribution in [3.63, 3.8) is 0 Å². The molecule has 0 spiro atoms. The summed E-state index contributed by atoms with van der Waals surface area (Å²) in [6.07, 6.45) is 5.34. The summed E-state index contributed by atoms with van der Waals surface area (Å²) >= 11 is 6.29. The SMILES string of the molecule is CCCCC#Cc1c(OC)c(Cl)cc2c1OC(C)CC2. The van der Waals surface area contributed by atoms with Crippen molar-refractivity contribution in [2.24, 2.45) is 0 Å². The molecular formula is C17H21ClO2. The van der Waals surface area contributed by atoms with E-state index in [9.17, 15) is 0 Å². The van der Waals surface area contributed by atoms with E-state index in [2.05, 4.69) is 25.7 Å². The average molecular weight is 293 g/mol. The van der Waals surface area contributed by atoms with E-state index in [0.29, 0.717) is 10.8 Å². The Morgan fingerprint density at radius 3 is 3.00 bits per heavy atom. The van der Waals surface area contributed by atoms with E-state index in [4.69, 9.17) is 21.1 Å². The lowest BCUT2D eigenvalue weighted by molar-refractivity contribution is 0.191. The van der Waals surface area contributed by atoms with Gasteiger partial charge in [0.1, 0.15) is 11.3 Å². The third kappa shape index (κ3) is 3.22. The van der Waals surface area contributed by atoms with Crippen LogP contribution in [0.1, 0.15) is 50.7 Å². The molecule has 0 radical (unpaired) electrons. The second-order valence-corrected chi connectivity index (χ2v) is 5.53. The van der Waals surface area contributed by atoms with Crippen molar-refractivity contribution in [3.8, 4) is 23.3 Å². The lowest BCUT2D eigenvalue weighted by Crippen LogP contribution is -2.20. The molecule has 0 aromatic heterocycles. The van der Waals surface area contributed by atoms with Crippen molar-refractivity contribution in [2.75, 3.05) is 7.11 Å². The molecule has 1 atom stereocenters.